The van der Waals surface area contributed by atoms with Crippen LogP contribution in [0.15, 0.2) is 24.4 Å². The third-order valence-corrected chi connectivity index (χ3v) is 5.83. The van der Waals surface area contributed by atoms with E-state index in [0.717, 1.165) is 40.1 Å². The van der Waals surface area contributed by atoms with Crippen molar-refractivity contribution in [2.75, 3.05) is 25.5 Å². The van der Waals surface area contributed by atoms with Crippen molar-refractivity contribution in [2.45, 2.75) is 25.4 Å². The summed E-state index contributed by atoms with van der Waals surface area (Å²) in [6, 6.07) is 5.68. The predicted octanol–water partition coefficient (Wildman–Crippen LogP) is 4.55. The third-order valence-electron chi connectivity index (χ3n) is 4.71. The van der Waals surface area contributed by atoms with E-state index in [9.17, 15) is 4.39 Å². The monoisotopic (exact) mass is 391 g/mol. The summed E-state index contributed by atoms with van der Waals surface area (Å²) in [5.41, 5.74) is 2.54. The van der Waals surface area contributed by atoms with E-state index in [4.69, 9.17) is 11.6 Å². The van der Waals surface area contributed by atoms with Crippen LogP contribution < -0.4 is 5.32 Å². The number of halogens is 2. The normalized spacial score (nSPS) is 21.2. The Morgan fingerprint density at radius 2 is 2.19 bits per heavy atom. The maximum absolute atomic E-state index is 14.6. The van der Waals surface area contributed by atoms with E-state index in [0.29, 0.717) is 17.5 Å². The zero-order chi connectivity index (χ0) is 18.3. The van der Waals surface area contributed by atoms with Gasteiger partial charge >= 0.3 is 0 Å². The van der Waals surface area contributed by atoms with Crippen LogP contribution in [0.4, 0.5) is 15.3 Å². The molecule has 2 atom stereocenters. The number of benzene rings is 1. The standard InChI is InChI=1S/C18H19ClFN5S/c1-10-5-17(26-24-10)23-18-21-8-11-6-14(19)13(7-16(11)22-18)12-3-4-25(2)9-15(12)20/h5-8,12,15H,3-4,9H2,1-2H3,(H,21,22,23)/t12-,15+/m1/s1. The van der Waals surface area contributed by atoms with E-state index in [1.807, 2.05) is 37.1 Å². The number of nitrogens with one attached hydrogen (secondary N) is 1. The highest BCUT2D eigenvalue weighted by Crippen LogP contribution is 2.36. The lowest BCUT2D eigenvalue weighted by atomic mass is 9.87. The van der Waals surface area contributed by atoms with Crippen molar-refractivity contribution in [3.8, 4) is 0 Å². The summed E-state index contributed by atoms with van der Waals surface area (Å²) in [5, 5.41) is 5.47. The van der Waals surface area contributed by atoms with E-state index in [1.54, 1.807) is 6.20 Å². The molecule has 1 aromatic carbocycles. The molecular weight excluding hydrogens is 373 g/mol. The van der Waals surface area contributed by atoms with Gasteiger partial charge in [-0.25, -0.2) is 14.4 Å². The first kappa shape index (κ1) is 17.6. The lowest BCUT2D eigenvalue weighted by molar-refractivity contribution is 0.139. The first-order valence-corrected chi connectivity index (χ1v) is 9.64. The van der Waals surface area contributed by atoms with E-state index >= 15 is 0 Å². The second kappa shape index (κ2) is 7.06. The van der Waals surface area contributed by atoms with Gasteiger partial charge in [-0.15, -0.1) is 0 Å². The zero-order valence-corrected chi connectivity index (χ0v) is 16.1. The minimum atomic E-state index is -0.927. The van der Waals surface area contributed by atoms with Crippen LogP contribution in [0.5, 0.6) is 0 Å². The number of piperidine rings is 1. The van der Waals surface area contributed by atoms with Crippen LogP contribution in [-0.2, 0) is 0 Å². The Balaban J connectivity index is 1.67. The second-order valence-electron chi connectivity index (χ2n) is 6.76. The number of fused-ring (bicyclic) bond motifs is 1. The SMILES string of the molecule is Cc1cc(Nc2ncc3cc(Cl)c([C@H]4CCN(C)C[C@@H]4F)cc3n2)sn1. The summed E-state index contributed by atoms with van der Waals surface area (Å²) in [6.07, 6.45) is 1.55. The van der Waals surface area contributed by atoms with E-state index < -0.39 is 6.17 Å². The van der Waals surface area contributed by atoms with E-state index in [-0.39, 0.29) is 5.92 Å². The summed E-state index contributed by atoms with van der Waals surface area (Å²) in [7, 11) is 1.94. The Hall–Kier alpha value is -1.83. The van der Waals surface area contributed by atoms with Gasteiger partial charge in [-0.3, -0.25) is 0 Å². The molecule has 1 saturated heterocycles. The fourth-order valence-electron chi connectivity index (χ4n) is 3.35. The molecule has 3 heterocycles. The van der Waals surface area contributed by atoms with Gasteiger partial charge in [0.25, 0.3) is 0 Å². The van der Waals surface area contributed by atoms with Crippen LogP contribution in [0.3, 0.4) is 0 Å². The van der Waals surface area contributed by atoms with Gasteiger partial charge in [-0.2, -0.15) is 4.37 Å². The Morgan fingerprint density at radius 3 is 2.92 bits per heavy atom. The molecule has 136 valence electrons. The number of alkyl halides is 1. The minimum Gasteiger partial charge on any atom is -0.314 e. The molecule has 0 aliphatic carbocycles. The van der Waals surface area contributed by atoms with Crippen LogP contribution in [0.2, 0.25) is 5.02 Å². The number of aryl methyl sites for hydroxylation is 1. The van der Waals surface area contributed by atoms with Crippen LogP contribution >= 0.6 is 23.1 Å². The summed E-state index contributed by atoms with van der Waals surface area (Å²) < 4.78 is 18.8. The Bertz CT molecular complexity index is 946. The molecule has 8 heteroatoms. The molecule has 1 fully saturated rings. The van der Waals surface area contributed by atoms with Crippen molar-refractivity contribution in [1.29, 1.82) is 0 Å². The van der Waals surface area contributed by atoms with E-state index in [2.05, 4.69) is 19.7 Å². The molecule has 0 radical (unpaired) electrons. The Morgan fingerprint density at radius 1 is 1.35 bits per heavy atom. The van der Waals surface area contributed by atoms with Gasteiger partial charge in [0.15, 0.2) is 0 Å². The first-order valence-electron chi connectivity index (χ1n) is 8.49. The maximum atomic E-state index is 14.6. The number of aromatic nitrogens is 3. The third kappa shape index (κ3) is 3.51. The van der Waals surface area contributed by atoms with Crippen molar-refractivity contribution in [1.82, 2.24) is 19.2 Å². The van der Waals surface area contributed by atoms with Crippen molar-refractivity contribution >= 4 is 45.0 Å². The van der Waals surface area contributed by atoms with Gasteiger partial charge in [-0.1, -0.05) is 11.6 Å². The van der Waals surface area contributed by atoms with Crippen molar-refractivity contribution in [3.05, 3.63) is 40.7 Å². The lowest BCUT2D eigenvalue weighted by Crippen LogP contribution is -2.38. The number of anilines is 2. The van der Waals surface area contributed by atoms with Crippen molar-refractivity contribution in [3.63, 3.8) is 0 Å². The van der Waals surface area contributed by atoms with E-state index in [1.165, 1.54) is 11.5 Å². The molecule has 0 unspecified atom stereocenters. The molecule has 1 aliphatic rings. The van der Waals surface area contributed by atoms with Gasteiger partial charge in [-0.05, 0) is 62.2 Å². The van der Waals surface area contributed by atoms with Crippen molar-refractivity contribution in [2.24, 2.45) is 0 Å². The van der Waals surface area contributed by atoms with Gasteiger partial charge < -0.3 is 10.2 Å². The Labute approximate surface area is 160 Å². The number of rotatable bonds is 3. The highest BCUT2D eigenvalue weighted by Gasteiger charge is 2.30. The molecule has 5 nitrogen and oxygen atoms in total. The highest BCUT2D eigenvalue weighted by molar-refractivity contribution is 7.10. The highest BCUT2D eigenvalue weighted by atomic mass is 35.5. The van der Waals surface area contributed by atoms with Crippen LogP contribution in [-0.4, -0.2) is 45.6 Å². The van der Waals surface area contributed by atoms with Crippen LogP contribution in [0, 0.1) is 6.92 Å². The van der Waals surface area contributed by atoms with Crippen LogP contribution in [0.25, 0.3) is 10.9 Å². The number of hydrogen-bond donors (Lipinski definition) is 1. The first-order chi connectivity index (χ1) is 12.5. The molecule has 0 bridgehead atoms. The molecule has 2 aromatic heterocycles. The number of hydrogen-bond acceptors (Lipinski definition) is 6. The van der Waals surface area contributed by atoms with Crippen LogP contribution in [0.1, 0.15) is 23.6 Å². The molecule has 3 aromatic rings. The largest absolute Gasteiger partial charge is 0.314 e. The summed E-state index contributed by atoms with van der Waals surface area (Å²) in [6.45, 7) is 3.23. The molecule has 0 saturated carbocycles. The molecule has 1 N–H and O–H groups in total. The number of likely N-dealkylation sites (tertiary alicyclic amines) is 1. The fourth-order valence-corrected chi connectivity index (χ4v) is 4.32. The fraction of sp³-hybridized carbons (Fsp3) is 0.389. The molecule has 1 aliphatic heterocycles. The molecule has 4 rings (SSSR count). The maximum Gasteiger partial charge on any atom is 0.228 e. The summed E-state index contributed by atoms with van der Waals surface area (Å²) in [4.78, 5) is 10.9. The van der Waals surface area contributed by atoms with Gasteiger partial charge in [0.1, 0.15) is 11.2 Å². The molecule has 0 amide bonds. The average molecular weight is 392 g/mol. The second-order valence-corrected chi connectivity index (χ2v) is 7.97. The summed E-state index contributed by atoms with van der Waals surface area (Å²) >= 11 is 7.81. The van der Waals surface area contributed by atoms with Gasteiger partial charge in [0, 0.05) is 29.1 Å². The van der Waals surface area contributed by atoms with Crippen molar-refractivity contribution < 1.29 is 4.39 Å². The van der Waals surface area contributed by atoms with Gasteiger partial charge in [0.05, 0.1) is 11.2 Å². The lowest BCUT2D eigenvalue weighted by Gasteiger charge is -2.33. The zero-order valence-electron chi connectivity index (χ0n) is 14.5. The molecular formula is C18H19ClFN5S. The predicted molar refractivity (Wildman–Crippen MR) is 104 cm³/mol. The Kier molecular flexibility index (Phi) is 4.77. The van der Waals surface area contributed by atoms with Gasteiger partial charge in [0.2, 0.25) is 5.95 Å². The molecule has 0 spiro atoms. The topological polar surface area (TPSA) is 53.9 Å². The minimum absolute atomic E-state index is 0.196. The number of nitrogens with zero attached hydrogens (tertiary/aromatic N) is 4. The smallest absolute Gasteiger partial charge is 0.228 e. The summed E-state index contributed by atoms with van der Waals surface area (Å²) in [5.74, 6) is 0.299. The molecule has 26 heavy (non-hydrogen) atoms. The average Bonchev–Trinajstić information content (AvgIpc) is 3.00. The quantitative estimate of drug-likeness (QED) is 0.709.